The first-order chi connectivity index (χ1) is 15.4. The van der Waals surface area contributed by atoms with E-state index in [2.05, 4.69) is 16.0 Å². The Morgan fingerprint density at radius 2 is 1.88 bits per heavy atom. The van der Waals surface area contributed by atoms with E-state index in [9.17, 15) is 9.59 Å². The molecule has 3 N–H and O–H groups in total. The number of carbonyl (C=O) groups excluding carboxylic acids is 2. The van der Waals surface area contributed by atoms with Crippen molar-refractivity contribution < 1.29 is 19.1 Å². The monoisotopic (exact) mass is 454 g/mol. The molecular weight excluding hydrogens is 428 g/mol. The Morgan fingerprint density at radius 1 is 1.12 bits per heavy atom. The van der Waals surface area contributed by atoms with Crippen LogP contribution in [0.4, 0.5) is 16.2 Å². The van der Waals surface area contributed by atoms with Gasteiger partial charge >= 0.3 is 12.0 Å². The Hall–Kier alpha value is -3.59. The first-order valence-electron chi connectivity index (χ1n) is 10.1. The van der Waals surface area contributed by atoms with E-state index in [1.807, 2.05) is 30.9 Å². The number of carbonyl (C=O) groups is 2. The molecule has 9 heteroatoms. The summed E-state index contributed by atoms with van der Waals surface area (Å²) < 4.78 is 10.3. The van der Waals surface area contributed by atoms with Gasteiger partial charge in [0.15, 0.2) is 5.11 Å². The number of rotatable bonds is 6. The van der Waals surface area contributed by atoms with Gasteiger partial charge < -0.3 is 30.3 Å². The second-order valence-electron chi connectivity index (χ2n) is 7.02. The predicted octanol–water partition coefficient (Wildman–Crippen LogP) is 4.04. The fourth-order valence-electron chi connectivity index (χ4n) is 3.62. The van der Waals surface area contributed by atoms with Gasteiger partial charge in [0.05, 0.1) is 31.5 Å². The van der Waals surface area contributed by atoms with Crippen LogP contribution in [0.5, 0.6) is 5.75 Å². The second-order valence-corrected chi connectivity index (χ2v) is 7.41. The number of allylic oxidation sites excluding steroid dienone is 1. The molecule has 0 aliphatic carbocycles. The molecular formula is C23H26N4O4S. The molecule has 0 radical (unpaired) electrons. The number of nitrogens with zero attached hydrogens (tertiary/aromatic N) is 1. The molecule has 1 unspecified atom stereocenters. The van der Waals surface area contributed by atoms with Crippen LogP contribution in [0.2, 0.25) is 0 Å². The minimum absolute atomic E-state index is 0.421. The molecule has 0 bridgehead atoms. The molecule has 2 aromatic carbocycles. The molecule has 0 aromatic heterocycles. The lowest BCUT2D eigenvalue weighted by atomic mass is 9.94. The van der Waals surface area contributed by atoms with Crippen molar-refractivity contribution in [2.24, 2.45) is 0 Å². The molecule has 3 rings (SSSR count). The van der Waals surface area contributed by atoms with Gasteiger partial charge in [0.2, 0.25) is 0 Å². The van der Waals surface area contributed by atoms with Gasteiger partial charge in [0.25, 0.3) is 0 Å². The number of methoxy groups -OCH3 is 2. The van der Waals surface area contributed by atoms with Crippen LogP contribution in [0.3, 0.4) is 0 Å². The highest BCUT2D eigenvalue weighted by molar-refractivity contribution is 7.80. The van der Waals surface area contributed by atoms with Gasteiger partial charge in [-0.2, -0.15) is 0 Å². The van der Waals surface area contributed by atoms with Crippen molar-refractivity contribution in [1.29, 1.82) is 0 Å². The Bertz CT molecular complexity index is 1070. The van der Waals surface area contributed by atoms with Crippen LogP contribution < -0.4 is 20.7 Å². The van der Waals surface area contributed by atoms with Gasteiger partial charge in [-0.25, -0.2) is 9.59 Å². The van der Waals surface area contributed by atoms with Crippen LogP contribution in [0, 0.1) is 0 Å². The van der Waals surface area contributed by atoms with E-state index in [-0.39, 0.29) is 0 Å². The first kappa shape index (κ1) is 23.1. The van der Waals surface area contributed by atoms with Crippen molar-refractivity contribution in [3.63, 3.8) is 0 Å². The van der Waals surface area contributed by atoms with Gasteiger partial charge in [-0.3, -0.25) is 0 Å². The minimum Gasteiger partial charge on any atom is -0.495 e. The third-order valence-corrected chi connectivity index (χ3v) is 5.49. The molecule has 32 heavy (non-hydrogen) atoms. The molecule has 1 atom stereocenters. The second kappa shape index (κ2) is 10.1. The summed E-state index contributed by atoms with van der Waals surface area (Å²) in [4.78, 5) is 27.0. The molecule has 8 nitrogen and oxygen atoms in total. The van der Waals surface area contributed by atoms with Crippen LogP contribution >= 0.6 is 12.2 Å². The number of para-hydroxylation sites is 2. The maximum atomic E-state index is 12.6. The molecule has 0 saturated heterocycles. The Kier molecular flexibility index (Phi) is 7.32. The average Bonchev–Trinajstić information content (AvgIpc) is 2.79. The lowest BCUT2D eigenvalue weighted by Gasteiger charge is -2.37. The summed E-state index contributed by atoms with van der Waals surface area (Å²) in [6.07, 6.45) is 0. The molecule has 1 aliphatic rings. The van der Waals surface area contributed by atoms with Gasteiger partial charge in [0, 0.05) is 17.9 Å². The van der Waals surface area contributed by atoms with E-state index >= 15 is 0 Å². The summed E-state index contributed by atoms with van der Waals surface area (Å²) >= 11 is 5.49. The highest BCUT2D eigenvalue weighted by Gasteiger charge is 2.34. The van der Waals surface area contributed by atoms with E-state index in [0.717, 1.165) is 11.3 Å². The number of hydrogen-bond acceptors (Lipinski definition) is 5. The third kappa shape index (κ3) is 4.83. The largest absolute Gasteiger partial charge is 0.495 e. The van der Waals surface area contributed by atoms with E-state index in [4.69, 9.17) is 21.7 Å². The average molecular weight is 455 g/mol. The van der Waals surface area contributed by atoms with E-state index in [1.165, 1.54) is 14.2 Å². The third-order valence-electron chi connectivity index (χ3n) is 5.15. The quantitative estimate of drug-likeness (QED) is 0.448. The lowest BCUT2D eigenvalue weighted by molar-refractivity contribution is -0.136. The van der Waals surface area contributed by atoms with Gasteiger partial charge in [-0.15, -0.1) is 0 Å². The van der Waals surface area contributed by atoms with E-state index < -0.39 is 18.0 Å². The highest BCUT2D eigenvalue weighted by atomic mass is 32.1. The number of amides is 2. The number of urea groups is 1. The zero-order valence-corrected chi connectivity index (χ0v) is 19.2. The van der Waals surface area contributed by atoms with Crippen LogP contribution in [-0.4, -0.2) is 42.8 Å². The van der Waals surface area contributed by atoms with E-state index in [0.29, 0.717) is 34.4 Å². The summed E-state index contributed by atoms with van der Waals surface area (Å²) in [5.41, 5.74) is 3.08. The molecule has 1 aliphatic heterocycles. The number of anilines is 2. The molecule has 0 fully saturated rings. The Balaban J connectivity index is 1.86. The summed E-state index contributed by atoms with van der Waals surface area (Å²) in [7, 11) is 2.89. The summed E-state index contributed by atoms with van der Waals surface area (Å²) in [5, 5.41) is 9.33. The number of thiocarbonyl (C=S) groups is 1. The number of hydrogen-bond donors (Lipinski definition) is 3. The molecule has 0 spiro atoms. The predicted molar refractivity (Wildman–Crippen MR) is 128 cm³/mol. The van der Waals surface area contributed by atoms with Gasteiger partial charge in [-0.05, 0) is 55.9 Å². The van der Waals surface area contributed by atoms with Crippen molar-refractivity contribution in [1.82, 2.24) is 10.2 Å². The van der Waals surface area contributed by atoms with Crippen molar-refractivity contribution in [3.8, 4) is 5.75 Å². The summed E-state index contributed by atoms with van der Waals surface area (Å²) in [5.74, 6) is 0.119. The van der Waals surface area contributed by atoms with Crippen LogP contribution in [0.15, 0.2) is 59.8 Å². The van der Waals surface area contributed by atoms with E-state index in [1.54, 1.807) is 36.4 Å². The molecule has 168 valence electrons. The molecule has 0 saturated carbocycles. The number of ether oxygens (including phenoxy) is 2. The number of nitrogens with one attached hydrogen (secondary N) is 3. The van der Waals surface area contributed by atoms with Crippen molar-refractivity contribution in [3.05, 3.63) is 65.4 Å². The summed E-state index contributed by atoms with van der Waals surface area (Å²) in [6.45, 7) is 4.42. The zero-order chi connectivity index (χ0) is 23.3. The zero-order valence-electron chi connectivity index (χ0n) is 18.4. The number of esters is 1. The molecule has 2 aromatic rings. The Morgan fingerprint density at radius 3 is 2.56 bits per heavy atom. The van der Waals surface area contributed by atoms with Crippen LogP contribution in [-0.2, 0) is 9.53 Å². The maximum absolute atomic E-state index is 12.6. The summed E-state index contributed by atoms with van der Waals surface area (Å²) in [6, 6.07) is 13.4. The topological polar surface area (TPSA) is 91.9 Å². The van der Waals surface area contributed by atoms with Crippen molar-refractivity contribution in [2.45, 2.75) is 19.9 Å². The highest BCUT2D eigenvalue weighted by Crippen LogP contribution is 2.32. The lowest BCUT2D eigenvalue weighted by Crippen LogP contribution is -2.47. The minimum atomic E-state index is -0.503. The normalized spacial score (nSPS) is 15.7. The fourth-order valence-corrected chi connectivity index (χ4v) is 4.00. The van der Waals surface area contributed by atoms with Gasteiger partial charge in [-0.1, -0.05) is 24.3 Å². The van der Waals surface area contributed by atoms with Gasteiger partial charge in [0.1, 0.15) is 5.75 Å². The molecule has 1 heterocycles. The molecule has 2 amide bonds. The standard InChI is InChI=1S/C23H26N4O4S/c1-5-27-14(2)19(21(28)31-4)20(26-23(27)32)15-9-8-10-16(13-15)24-22(29)25-17-11-6-7-12-18(17)30-3/h6-13,20H,5H2,1-4H3,(H,26,32)(H2,24,25,29). The van der Waals surface area contributed by atoms with Crippen LogP contribution in [0.1, 0.15) is 25.5 Å². The van der Waals surface area contributed by atoms with Crippen LogP contribution in [0.25, 0.3) is 0 Å². The maximum Gasteiger partial charge on any atom is 0.337 e. The Labute approximate surface area is 192 Å². The fraction of sp³-hybridized carbons (Fsp3) is 0.261. The van der Waals surface area contributed by atoms with Crippen molar-refractivity contribution in [2.75, 3.05) is 31.4 Å². The van der Waals surface area contributed by atoms with Crippen molar-refractivity contribution >= 4 is 40.7 Å². The smallest absolute Gasteiger partial charge is 0.337 e. The SMILES string of the molecule is CCN1C(=S)NC(c2cccc(NC(=O)Nc3ccccc3OC)c2)C(C(=O)OC)=C1C. The first-order valence-corrected chi connectivity index (χ1v) is 10.5. The number of benzene rings is 2.